The van der Waals surface area contributed by atoms with Gasteiger partial charge in [0.05, 0.1) is 11.6 Å². The van der Waals surface area contributed by atoms with E-state index in [0.717, 1.165) is 34.7 Å². The van der Waals surface area contributed by atoms with Crippen molar-refractivity contribution >= 4 is 23.2 Å². The number of carbonyl (C=O) groups excluding carboxylic acids is 1. The Labute approximate surface area is 167 Å². The first-order valence-corrected chi connectivity index (χ1v) is 10.1. The molecule has 1 saturated heterocycles. The number of carbonyl (C=O) groups is 2. The quantitative estimate of drug-likeness (QED) is 0.693. The van der Waals surface area contributed by atoms with E-state index in [1.807, 2.05) is 47.5 Å². The molecule has 2 aromatic carbocycles. The summed E-state index contributed by atoms with van der Waals surface area (Å²) >= 11 is 1.57. The molecule has 0 bridgehead atoms. The molecule has 1 aliphatic rings. The van der Waals surface area contributed by atoms with Crippen LogP contribution in [0.1, 0.15) is 50.3 Å². The topological polar surface area (TPSA) is 70.5 Å². The first kappa shape index (κ1) is 18.4. The van der Waals surface area contributed by atoms with E-state index in [0.29, 0.717) is 12.1 Å². The molecule has 1 unspecified atom stereocenters. The molecule has 28 heavy (non-hydrogen) atoms. The molecule has 0 radical (unpaired) electrons. The third kappa shape index (κ3) is 3.55. The maximum Gasteiger partial charge on any atom is 0.335 e. The zero-order valence-corrected chi connectivity index (χ0v) is 16.3. The van der Waals surface area contributed by atoms with E-state index in [1.54, 1.807) is 23.5 Å². The number of amides is 1. The molecule has 2 heterocycles. The first-order valence-electron chi connectivity index (χ1n) is 9.20. The lowest BCUT2D eigenvalue weighted by Gasteiger charge is -2.23. The molecule has 1 amide bonds. The van der Waals surface area contributed by atoms with E-state index < -0.39 is 5.97 Å². The minimum atomic E-state index is -1.04. The Morgan fingerprint density at radius 2 is 1.86 bits per heavy atom. The van der Waals surface area contributed by atoms with Crippen molar-refractivity contribution in [3.63, 3.8) is 0 Å². The molecule has 142 valence electrons. The van der Waals surface area contributed by atoms with Crippen LogP contribution in [0.25, 0.3) is 11.1 Å². The molecular weight excluding hydrogens is 372 g/mol. The standard InChI is InChI=1S/C22H20N2O3S/c1-14-13-28-20(23-14)19-8-5-9-24(19)21(25)17-10-16(11-18(12-17)22(26)27)15-6-3-2-4-7-15/h2-4,6-7,10-13,19H,5,8-9H2,1H3,(H,26,27). The smallest absolute Gasteiger partial charge is 0.335 e. The van der Waals surface area contributed by atoms with Crippen molar-refractivity contribution < 1.29 is 14.7 Å². The molecule has 4 rings (SSSR count). The van der Waals surface area contributed by atoms with Gasteiger partial charge in [-0.2, -0.15) is 0 Å². The highest BCUT2D eigenvalue weighted by Gasteiger charge is 2.33. The van der Waals surface area contributed by atoms with E-state index in [1.165, 1.54) is 6.07 Å². The van der Waals surface area contributed by atoms with Gasteiger partial charge in [-0.1, -0.05) is 30.3 Å². The highest BCUT2D eigenvalue weighted by atomic mass is 32.1. The zero-order valence-electron chi connectivity index (χ0n) is 15.5. The van der Waals surface area contributed by atoms with Gasteiger partial charge in [0.2, 0.25) is 0 Å². The van der Waals surface area contributed by atoms with Crippen molar-refractivity contribution in [3.05, 3.63) is 75.7 Å². The summed E-state index contributed by atoms with van der Waals surface area (Å²) in [7, 11) is 0. The van der Waals surface area contributed by atoms with E-state index >= 15 is 0 Å². The lowest BCUT2D eigenvalue weighted by Crippen LogP contribution is -2.30. The second-order valence-corrected chi connectivity index (χ2v) is 7.84. The molecule has 1 fully saturated rings. The predicted octanol–water partition coefficient (Wildman–Crippen LogP) is 4.79. The number of thiazole rings is 1. The van der Waals surface area contributed by atoms with Gasteiger partial charge in [-0.15, -0.1) is 11.3 Å². The average molecular weight is 392 g/mol. The van der Waals surface area contributed by atoms with Gasteiger partial charge in [-0.25, -0.2) is 9.78 Å². The fourth-order valence-electron chi connectivity index (χ4n) is 3.63. The van der Waals surface area contributed by atoms with Crippen molar-refractivity contribution in [1.82, 2.24) is 9.88 Å². The lowest BCUT2D eigenvalue weighted by molar-refractivity contribution is 0.0697. The van der Waals surface area contributed by atoms with Gasteiger partial charge in [-0.05, 0) is 49.1 Å². The normalized spacial score (nSPS) is 16.3. The number of benzene rings is 2. The van der Waals surface area contributed by atoms with Gasteiger partial charge in [0, 0.05) is 23.2 Å². The van der Waals surface area contributed by atoms with Crippen LogP contribution >= 0.6 is 11.3 Å². The van der Waals surface area contributed by atoms with Gasteiger partial charge in [0.15, 0.2) is 0 Å². The summed E-state index contributed by atoms with van der Waals surface area (Å²) in [6, 6.07) is 14.3. The molecule has 1 aliphatic heterocycles. The number of carboxylic acids is 1. The molecule has 6 heteroatoms. The summed E-state index contributed by atoms with van der Waals surface area (Å²) in [4.78, 5) is 31.3. The maximum atomic E-state index is 13.3. The third-order valence-corrected chi connectivity index (χ3v) is 6.03. The number of rotatable bonds is 4. The summed E-state index contributed by atoms with van der Waals surface area (Å²) in [5, 5.41) is 12.5. The van der Waals surface area contributed by atoms with Crippen molar-refractivity contribution in [1.29, 1.82) is 0 Å². The fraction of sp³-hybridized carbons (Fsp3) is 0.227. The maximum absolute atomic E-state index is 13.3. The van der Waals surface area contributed by atoms with E-state index in [4.69, 9.17) is 0 Å². The molecule has 0 spiro atoms. The predicted molar refractivity (Wildman–Crippen MR) is 109 cm³/mol. The summed E-state index contributed by atoms with van der Waals surface area (Å²) in [6.45, 7) is 2.60. The molecule has 1 N–H and O–H groups in total. The Bertz CT molecular complexity index is 1030. The summed E-state index contributed by atoms with van der Waals surface area (Å²) in [6.07, 6.45) is 1.79. The van der Waals surface area contributed by atoms with Crippen LogP contribution in [-0.2, 0) is 0 Å². The van der Waals surface area contributed by atoms with E-state index in [2.05, 4.69) is 4.98 Å². The zero-order chi connectivity index (χ0) is 19.7. The number of hydrogen-bond acceptors (Lipinski definition) is 4. The molecule has 1 aromatic heterocycles. The number of aryl methyl sites for hydroxylation is 1. The number of aromatic carboxylic acids is 1. The van der Waals surface area contributed by atoms with Gasteiger partial charge in [0.1, 0.15) is 5.01 Å². The van der Waals surface area contributed by atoms with Crippen molar-refractivity contribution in [2.45, 2.75) is 25.8 Å². The highest BCUT2D eigenvalue weighted by Crippen LogP contribution is 2.35. The van der Waals surface area contributed by atoms with E-state index in [9.17, 15) is 14.7 Å². The first-order chi connectivity index (χ1) is 13.5. The lowest BCUT2D eigenvalue weighted by atomic mass is 9.99. The van der Waals surface area contributed by atoms with Crippen LogP contribution in [0.3, 0.4) is 0 Å². The second-order valence-electron chi connectivity index (χ2n) is 6.95. The van der Waals surface area contributed by atoms with Gasteiger partial charge >= 0.3 is 5.97 Å². The SMILES string of the molecule is Cc1csc(C2CCCN2C(=O)c2cc(C(=O)O)cc(-c3ccccc3)c2)n1. The second kappa shape index (κ2) is 7.56. The fourth-order valence-corrected chi connectivity index (χ4v) is 4.57. The van der Waals surface area contributed by atoms with E-state index in [-0.39, 0.29) is 17.5 Å². The van der Waals surface area contributed by atoms with Crippen LogP contribution in [0.5, 0.6) is 0 Å². The molecular formula is C22H20N2O3S. The van der Waals surface area contributed by atoms with Crippen LogP contribution in [0, 0.1) is 6.92 Å². The Morgan fingerprint density at radius 1 is 1.11 bits per heavy atom. The minimum Gasteiger partial charge on any atom is -0.478 e. The van der Waals surface area contributed by atoms with Crippen molar-refractivity contribution in [2.24, 2.45) is 0 Å². The Balaban J connectivity index is 1.72. The van der Waals surface area contributed by atoms with Crippen molar-refractivity contribution in [2.75, 3.05) is 6.54 Å². The number of carboxylic acid groups (broad SMARTS) is 1. The number of aromatic nitrogens is 1. The Hall–Kier alpha value is -2.99. The highest BCUT2D eigenvalue weighted by molar-refractivity contribution is 7.09. The van der Waals surface area contributed by atoms with Crippen LogP contribution in [0.15, 0.2) is 53.9 Å². The Kier molecular flexibility index (Phi) is 4.96. The van der Waals surface area contributed by atoms with Gasteiger partial charge in [0.25, 0.3) is 5.91 Å². The third-order valence-electron chi connectivity index (χ3n) is 4.97. The largest absolute Gasteiger partial charge is 0.478 e. The molecule has 5 nitrogen and oxygen atoms in total. The van der Waals surface area contributed by atoms with Gasteiger partial charge < -0.3 is 10.0 Å². The summed E-state index contributed by atoms with van der Waals surface area (Å²) in [5.41, 5.74) is 3.08. The van der Waals surface area contributed by atoms with Crippen LogP contribution in [0.2, 0.25) is 0 Å². The molecule has 0 saturated carbocycles. The van der Waals surface area contributed by atoms with Crippen LogP contribution in [0.4, 0.5) is 0 Å². The summed E-state index contributed by atoms with van der Waals surface area (Å²) in [5.74, 6) is -1.18. The molecule has 1 atom stereocenters. The van der Waals surface area contributed by atoms with Gasteiger partial charge in [-0.3, -0.25) is 4.79 Å². The monoisotopic (exact) mass is 392 g/mol. The van der Waals surface area contributed by atoms with Crippen LogP contribution < -0.4 is 0 Å². The number of nitrogens with zero attached hydrogens (tertiary/aromatic N) is 2. The average Bonchev–Trinajstić information content (AvgIpc) is 3.36. The van der Waals surface area contributed by atoms with Crippen LogP contribution in [-0.4, -0.2) is 33.4 Å². The molecule has 0 aliphatic carbocycles. The number of likely N-dealkylation sites (tertiary alicyclic amines) is 1. The number of hydrogen-bond donors (Lipinski definition) is 1. The minimum absolute atomic E-state index is 0.0418. The summed E-state index contributed by atoms with van der Waals surface area (Å²) < 4.78 is 0. The molecule has 3 aromatic rings. The Morgan fingerprint density at radius 3 is 2.54 bits per heavy atom. The van der Waals surface area contributed by atoms with Crippen molar-refractivity contribution in [3.8, 4) is 11.1 Å².